The number of carbonyl (C=O) groups is 2. The number of anilines is 1. The van der Waals surface area contributed by atoms with Gasteiger partial charge in [0.25, 0.3) is 0 Å². The number of piperidine rings is 1. The molecule has 5 rings (SSSR count). The summed E-state index contributed by atoms with van der Waals surface area (Å²) in [5, 5.41) is 10.5. The number of carbonyl (C=O) groups excluding carboxylic acids is 2. The van der Waals surface area contributed by atoms with Gasteiger partial charge >= 0.3 is 0 Å². The first-order valence-corrected chi connectivity index (χ1v) is 13.3. The SMILES string of the molecule is O=C1CC(c2ccsc2)(c2ncccc2NC2CCCC2)NC(=O)C1Sc1ccccc1Cl. The van der Waals surface area contributed by atoms with E-state index in [-0.39, 0.29) is 18.1 Å². The predicted octanol–water partition coefficient (Wildman–Crippen LogP) is 5.64. The van der Waals surface area contributed by atoms with Gasteiger partial charge in [-0.15, -0.1) is 11.8 Å². The van der Waals surface area contributed by atoms with Crippen molar-refractivity contribution in [2.75, 3.05) is 5.32 Å². The third kappa shape index (κ3) is 4.42. The summed E-state index contributed by atoms with van der Waals surface area (Å²) in [6, 6.07) is 13.5. The van der Waals surface area contributed by atoms with Gasteiger partial charge in [0.05, 0.1) is 16.4 Å². The van der Waals surface area contributed by atoms with Gasteiger partial charge in [0.15, 0.2) is 5.78 Å². The number of nitrogens with one attached hydrogen (secondary N) is 2. The van der Waals surface area contributed by atoms with Crippen molar-refractivity contribution in [3.05, 3.63) is 75.7 Å². The molecule has 8 heteroatoms. The molecular formula is C25H24ClN3O2S2. The molecule has 170 valence electrons. The van der Waals surface area contributed by atoms with Crippen LogP contribution in [0.3, 0.4) is 0 Å². The second-order valence-corrected chi connectivity index (χ2v) is 10.8. The minimum Gasteiger partial charge on any atom is -0.381 e. The minimum absolute atomic E-state index is 0.132. The largest absolute Gasteiger partial charge is 0.381 e. The Morgan fingerprint density at radius 1 is 1.12 bits per heavy atom. The van der Waals surface area contributed by atoms with E-state index in [9.17, 15) is 9.59 Å². The molecule has 3 heterocycles. The average molecular weight is 498 g/mol. The minimum atomic E-state index is -1.01. The van der Waals surface area contributed by atoms with Gasteiger partial charge in [-0.25, -0.2) is 0 Å². The number of thioether (sulfide) groups is 1. The first-order chi connectivity index (χ1) is 16.1. The maximum atomic E-state index is 13.5. The van der Waals surface area contributed by atoms with Gasteiger partial charge in [-0.3, -0.25) is 14.6 Å². The lowest BCUT2D eigenvalue weighted by molar-refractivity contribution is -0.133. The highest BCUT2D eigenvalue weighted by Crippen LogP contribution is 2.43. The van der Waals surface area contributed by atoms with Crippen LogP contribution in [0.4, 0.5) is 5.69 Å². The summed E-state index contributed by atoms with van der Waals surface area (Å²) in [4.78, 5) is 32.3. The fraction of sp³-hybridized carbons (Fsp3) is 0.320. The van der Waals surface area contributed by atoms with Crippen LogP contribution in [0.2, 0.25) is 5.02 Å². The Balaban J connectivity index is 1.51. The van der Waals surface area contributed by atoms with Gasteiger partial charge in [0, 0.05) is 23.6 Å². The molecule has 1 saturated heterocycles. The zero-order chi connectivity index (χ0) is 22.8. The number of Topliss-reactive ketones (excluding diaryl/α,β-unsaturated/α-hetero) is 1. The van der Waals surface area contributed by atoms with E-state index < -0.39 is 10.8 Å². The number of amides is 1. The first kappa shape index (κ1) is 22.4. The number of ketones is 1. The molecule has 2 unspecified atom stereocenters. The highest BCUT2D eigenvalue weighted by Gasteiger charge is 2.49. The Hall–Kier alpha value is -2.35. The van der Waals surface area contributed by atoms with Crippen molar-refractivity contribution in [3.8, 4) is 0 Å². The van der Waals surface area contributed by atoms with Crippen LogP contribution in [0.25, 0.3) is 0 Å². The summed E-state index contributed by atoms with van der Waals surface area (Å²) in [6.45, 7) is 0. The second kappa shape index (κ2) is 9.49. The van der Waals surface area contributed by atoms with E-state index in [1.54, 1.807) is 12.3 Å². The van der Waals surface area contributed by atoms with E-state index in [1.807, 2.05) is 47.2 Å². The van der Waals surface area contributed by atoms with Gasteiger partial charge in [0.1, 0.15) is 10.8 Å². The molecule has 1 amide bonds. The molecule has 1 aliphatic heterocycles. The summed E-state index contributed by atoms with van der Waals surface area (Å²) < 4.78 is 0. The molecule has 0 bridgehead atoms. The highest BCUT2D eigenvalue weighted by molar-refractivity contribution is 8.01. The van der Waals surface area contributed by atoms with Gasteiger partial charge in [-0.2, -0.15) is 11.3 Å². The third-order valence-corrected chi connectivity index (χ3v) is 8.78. The lowest BCUT2D eigenvalue weighted by Gasteiger charge is -2.40. The highest BCUT2D eigenvalue weighted by atomic mass is 35.5. The number of aromatic nitrogens is 1. The second-order valence-electron chi connectivity index (χ2n) is 8.50. The Bertz CT molecular complexity index is 1140. The lowest BCUT2D eigenvalue weighted by atomic mass is 9.79. The molecule has 1 aromatic carbocycles. The van der Waals surface area contributed by atoms with Crippen molar-refractivity contribution in [1.29, 1.82) is 0 Å². The van der Waals surface area contributed by atoms with Crippen molar-refractivity contribution >= 4 is 52.1 Å². The average Bonchev–Trinajstić information content (AvgIpc) is 3.52. The summed E-state index contributed by atoms with van der Waals surface area (Å²) in [6.07, 6.45) is 6.50. The van der Waals surface area contributed by atoms with Crippen molar-refractivity contribution in [2.45, 2.75) is 53.8 Å². The molecule has 0 radical (unpaired) electrons. The number of pyridine rings is 1. The molecule has 2 fully saturated rings. The summed E-state index contributed by atoms with van der Waals surface area (Å²) in [5.41, 5.74) is 1.44. The monoisotopic (exact) mass is 497 g/mol. The van der Waals surface area contributed by atoms with Gasteiger partial charge in [-0.05, 0) is 59.5 Å². The number of rotatable bonds is 6. The summed E-state index contributed by atoms with van der Waals surface area (Å²) >= 11 is 9.04. The fourth-order valence-corrected chi connectivity index (χ4v) is 6.69. The molecule has 33 heavy (non-hydrogen) atoms. The Morgan fingerprint density at radius 3 is 2.67 bits per heavy atom. The molecule has 1 saturated carbocycles. The van der Waals surface area contributed by atoms with Crippen LogP contribution in [0, 0.1) is 0 Å². The molecule has 2 N–H and O–H groups in total. The van der Waals surface area contributed by atoms with Crippen LogP contribution < -0.4 is 10.6 Å². The van der Waals surface area contributed by atoms with Crippen LogP contribution in [-0.2, 0) is 15.1 Å². The van der Waals surface area contributed by atoms with Crippen molar-refractivity contribution in [2.24, 2.45) is 0 Å². The summed E-state index contributed by atoms with van der Waals surface area (Å²) in [7, 11) is 0. The number of hydrogen-bond acceptors (Lipinski definition) is 6. The molecule has 0 spiro atoms. The van der Waals surface area contributed by atoms with E-state index in [1.165, 1.54) is 35.9 Å². The van der Waals surface area contributed by atoms with E-state index in [0.29, 0.717) is 16.8 Å². The molecule has 2 atom stereocenters. The van der Waals surface area contributed by atoms with E-state index in [4.69, 9.17) is 16.6 Å². The van der Waals surface area contributed by atoms with E-state index in [0.717, 1.165) is 29.0 Å². The maximum Gasteiger partial charge on any atom is 0.242 e. The Morgan fingerprint density at radius 2 is 1.94 bits per heavy atom. The van der Waals surface area contributed by atoms with E-state index in [2.05, 4.69) is 10.6 Å². The smallest absolute Gasteiger partial charge is 0.242 e. The van der Waals surface area contributed by atoms with Crippen LogP contribution in [-0.4, -0.2) is 28.0 Å². The number of benzene rings is 1. The van der Waals surface area contributed by atoms with Crippen molar-refractivity contribution < 1.29 is 9.59 Å². The van der Waals surface area contributed by atoms with Crippen molar-refractivity contribution in [3.63, 3.8) is 0 Å². The molecule has 3 aromatic rings. The predicted molar refractivity (Wildman–Crippen MR) is 134 cm³/mol. The standard InChI is InChI=1S/C25H24ClN3O2S2/c26-18-8-3-4-10-21(18)33-22-20(30)14-25(29-24(22)31,16-11-13-32-15-16)23-19(9-5-12-27-23)28-17-6-1-2-7-17/h3-5,8-13,15,17,22,28H,1-2,6-7,14H2,(H,29,31). The third-order valence-electron chi connectivity index (χ3n) is 6.33. The quantitative estimate of drug-likeness (QED) is 0.431. The van der Waals surface area contributed by atoms with Crippen LogP contribution in [0.1, 0.15) is 43.4 Å². The van der Waals surface area contributed by atoms with Gasteiger partial charge in [-0.1, -0.05) is 36.6 Å². The Kier molecular flexibility index (Phi) is 6.45. The topological polar surface area (TPSA) is 71.1 Å². The summed E-state index contributed by atoms with van der Waals surface area (Å²) in [5.74, 6) is -0.452. The zero-order valence-corrected chi connectivity index (χ0v) is 20.3. The molecule has 1 aliphatic carbocycles. The van der Waals surface area contributed by atoms with E-state index >= 15 is 0 Å². The van der Waals surface area contributed by atoms with Gasteiger partial charge in [0.2, 0.25) is 5.91 Å². The first-order valence-electron chi connectivity index (χ1n) is 11.1. The number of thiophene rings is 1. The van der Waals surface area contributed by atoms with Crippen molar-refractivity contribution in [1.82, 2.24) is 10.3 Å². The molecule has 2 aliphatic rings. The van der Waals surface area contributed by atoms with Crippen LogP contribution in [0.15, 0.2) is 64.3 Å². The van der Waals surface area contributed by atoms with Crippen LogP contribution >= 0.6 is 34.7 Å². The molecule has 5 nitrogen and oxygen atoms in total. The normalized spacial score (nSPS) is 23.5. The maximum absolute atomic E-state index is 13.5. The molecular weight excluding hydrogens is 474 g/mol. The lowest BCUT2D eigenvalue weighted by Crippen LogP contribution is -2.58. The number of nitrogens with zero attached hydrogens (tertiary/aromatic N) is 1. The fourth-order valence-electron chi connectivity index (χ4n) is 4.72. The van der Waals surface area contributed by atoms with Gasteiger partial charge < -0.3 is 10.6 Å². The Labute approximate surface area is 206 Å². The van der Waals surface area contributed by atoms with Crippen LogP contribution in [0.5, 0.6) is 0 Å². The number of halogens is 1. The number of hydrogen-bond donors (Lipinski definition) is 2. The zero-order valence-electron chi connectivity index (χ0n) is 17.9. The molecule has 2 aromatic heterocycles.